The lowest BCUT2D eigenvalue weighted by atomic mass is 10.0. The van der Waals surface area contributed by atoms with Gasteiger partial charge in [0.25, 0.3) is 0 Å². The van der Waals surface area contributed by atoms with Crippen LogP contribution in [0.15, 0.2) is 36.5 Å². The van der Waals surface area contributed by atoms with Crippen molar-refractivity contribution in [2.75, 3.05) is 18.0 Å². The number of para-hydroxylation sites is 1. The van der Waals surface area contributed by atoms with Gasteiger partial charge in [0.2, 0.25) is 0 Å². The van der Waals surface area contributed by atoms with Crippen molar-refractivity contribution in [3.8, 4) is 0 Å². The Hall–Kier alpha value is -2.50. The number of rotatable bonds is 4. The van der Waals surface area contributed by atoms with Crippen molar-refractivity contribution in [1.29, 1.82) is 0 Å². The lowest BCUT2D eigenvalue weighted by molar-refractivity contribution is 0.234. The van der Waals surface area contributed by atoms with E-state index in [1.54, 1.807) is 6.20 Å². The monoisotopic (exact) mass is 313 g/mol. The molecule has 0 unspecified atom stereocenters. The van der Waals surface area contributed by atoms with E-state index in [0.717, 1.165) is 37.2 Å². The van der Waals surface area contributed by atoms with Crippen LogP contribution in [0.1, 0.15) is 24.1 Å². The van der Waals surface area contributed by atoms with Crippen molar-refractivity contribution >= 4 is 11.7 Å². The van der Waals surface area contributed by atoms with Crippen molar-refractivity contribution in [2.45, 2.75) is 32.4 Å². The van der Waals surface area contributed by atoms with Gasteiger partial charge in [-0.1, -0.05) is 18.2 Å². The Bertz CT molecular complexity index is 631. The summed E-state index contributed by atoms with van der Waals surface area (Å²) in [6.07, 6.45) is 3.67. The normalized spacial score (nSPS) is 15.4. The molecule has 3 rings (SSSR count). The zero-order valence-corrected chi connectivity index (χ0v) is 13.4. The molecular formula is C17H23N5O. The predicted octanol–water partition coefficient (Wildman–Crippen LogP) is 2.19. The molecule has 2 amide bonds. The predicted molar refractivity (Wildman–Crippen MR) is 90.4 cm³/mol. The number of amides is 2. The number of nitrogens with zero attached hydrogens (tertiary/aromatic N) is 2. The highest BCUT2D eigenvalue weighted by atomic mass is 16.2. The van der Waals surface area contributed by atoms with E-state index in [0.29, 0.717) is 6.54 Å². The second-order valence-corrected chi connectivity index (χ2v) is 5.94. The highest BCUT2D eigenvalue weighted by Gasteiger charge is 2.20. The summed E-state index contributed by atoms with van der Waals surface area (Å²) in [6.45, 7) is 4.38. The van der Waals surface area contributed by atoms with E-state index in [1.807, 2.05) is 13.0 Å². The van der Waals surface area contributed by atoms with E-state index in [-0.39, 0.29) is 12.1 Å². The van der Waals surface area contributed by atoms with Crippen molar-refractivity contribution in [3.63, 3.8) is 0 Å². The summed E-state index contributed by atoms with van der Waals surface area (Å²) in [6, 6.07) is 10.5. The number of hydrogen-bond acceptors (Lipinski definition) is 3. The van der Waals surface area contributed by atoms with E-state index in [9.17, 15) is 4.79 Å². The van der Waals surface area contributed by atoms with E-state index < -0.39 is 0 Å². The summed E-state index contributed by atoms with van der Waals surface area (Å²) in [4.78, 5) is 14.4. The fourth-order valence-corrected chi connectivity index (χ4v) is 2.89. The summed E-state index contributed by atoms with van der Waals surface area (Å²) in [7, 11) is 0. The lowest BCUT2D eigenvalue weighted by Crippen LogP contribution is -2.47. The molecule has 0 spiro atoms. The van der Waals surface area contributed by atoms with Crippen LogP contribution in [-0.2, 0) is 6.54 Å². The lowest BCUT2D eigenvalue weighted by Gasteiger charge is -2.33. The molecule has 0 radical (unpaired) electrons. The Kier molecular flexibility index (Phi) is 4.80. The SMILES string of the molecule is Cc1[nH]ncc1CNC(=O)NC1CCN(c2ccccc2)CC1. The minimum absolute atomic E-state index is 0.108. The number of carbonyl (C=O) groups is 1. The Labute approximate surface area is 136 Å². The summed E-state index contributed by atoms with van der Waals surface area (Å²) >= 11 is 0. The third-order valence-electron chi connectivity index (χ3n) is 4.33. The maximum absolute atomic E-state index is 12.0. The van der Waals surface area contributed by atoms with Gasteiger partial charge in [-0.15, -0.1) is 0 Å². The van der Waals surface area contributed by atoms with Crippen molar-refractivity contribution < 1.29 is 4.79 Å². The smallest absolute Gasteiger partial charge is 0.315 e. The van der Waals surface area contributed by atoms with Crippen LogP contribution in [0.25, 0.3) is 0 Å². The van der Waals surface area contributed by atoms with Crippen LogP contribution in [0, 0.1) is 6.92 Å². The number of hydrogen-bond donors (Lipinski definition) is 3. The van der Waals surface area contributed by atoms with E-state index in [1.165, 1.54) is 5.69 Å². The molecule has 6 heteroatoms. The molecule has 0 atom stereocenters. The molecule has 1 saturated heterocycles. The topological polar surface area (TPSA) is 73.0 Å². The standard InChI is InChI=1S/C17H23N5O/c1-13-14(12-19-21-13)11-18-17(23)20-15-7-9-22(10-8-15)16-5-3-2-4-6-16/h2-6,12,15H,7-11H2,1H3,(H,19,21)(H2,18,20,23). The molecule has 1 aromatic carbocycles. The Morgan fingerprint density at radius 3 is 2.70 bits per heavy atom. The minimum Gasteiger partial charge on any atom is -0.371 e. The fourth-order valence-electron chi connectivity index (χ4n) is 2.89. The minimum atomic E-state index is -0.108. The molecule has 0 aliphatic carbocycles. The van der Waals surface area contributed by atoms with Gasteiger partial charge < -0.3 is 15.5 Å². The number of carbonyl (C=O) groups excluding carboxylic acids is 1. The summed E-state index contributed by atoms with van der Waals surface area (Å²) < 4.78 is 0. The van der Waals surface area contributed by atoms with Gasteiger partial charge in [-0.3, -0.25) is 5.10 Å². The first kappa shape index (κ1) is 15.4. The molecule has 1 fully saturated rings. The maximum atomic E-state index is 12.0. The number of aromatic amines is 1. The highest BCUT2D eigenvalue weighted by molar-refractivity contribution is 5.74. The molecule has 0 bridgehead atoms. The molecule has 23 heavy (non-hydrogen) atoms. The number of aryl methyl sites for hydroxylation is 1. The van der Waals surface area contributed by atoms with Gasteiger partial charge in [0, 0.05) is 42.6 Å². The zero-order valence-electron chi connectivity index (χ0n) is 13.4. The number of piperidine rings is 1. The Morgan fingerprint density at radius 1 is 1.30 bits per heavy atom. The number of H-pyrrole nitrogens is 1. The van der Waals surface area contributed by atoms with Gasteiger partial charge in [-0.2, -0.15) is 5.10 Å². The van der Waals surface area contributed by atoms with Gasteiger partial charge in [0.15, 0.2) is 0 Å². The van der Waals surface area contributed by atoms with Crippen molar-refractivity contribution in [1.82, 2.24) is 20.8 Å². The maximum Gasteiger partial charge on any atom is 0.315 e. The zero-order chi connectivity index (χ0) is 16.1. The van der Waals surface area contributed by atoms with Crippen LogP contribution in [-0.4, -0.2) is 35.4 Å². The van der Waals surface area contributed by atoms with Crippen LogP contribution in [0.3, 0.4) is 0 Å². The molecular weight excluding hydrogens is 290 g/mol. The average Bonchev–Trinajstić information content (AvgIpc) is 3.00. The summed E-state index contributed by atoms with van der Waals surface area (Å²) in [5, 5.41) is 12.8. The molecule has 2 heterocycles. The molecule has 1 aliphatic rings. The van der Waals surface area contributed by atoms with Crippen molar-refractivity contribution in [2.24, 2.45) is 0 Å². The third kappa shape index (κ3) is 4.03. The van der Waals surface area contributed by atoms with Crippen molar-refractivity contribution in [3.05, 3.63) is 47.8 Å². The van der Waals surface area contributed by atoms with Crippen LogP contribution in [0.5, 0.6) is 0 Å². The summed E-state index contributed by atoms with van der Waals surface area (Å²) in [5.41, 5.74) is 3.26. The van der Waals surface area contributed by atoms with Gasteiger partial charge >= 0.3 is 6.03 Å². The Morgan fingerprint density at radius 2 is 2.04 bits per heavy atom. The number of benzene rings is 1. The van der Waals surface area contributed by atoms with Gasteiger partial charge in [-0.25, -0.2) is 4.79 Å². The van der Waals surface area contributed by atoms with Crippen LogP contribution in [0.4, 0.5) is 10.5 Å². The number of anilines is 1. The van der Waals surface area contributed by atoms with E-state index >= 15 is 0 Å². The van der Waals surface area contributed by atoms with Crippen LogP contribution in [0.2, 0.25) is 0 Å². The largest absolute Gasteiger partial charge is 0.371 e. The van der Waals surface area contributed by atoms with E-state index in [2.05, 4.69) is 50.0 Å². The third-order valence-corrected chi connectivity index (χ3v) is 4.33. The van der Waals surface area contributed by atoms with Gasteiger partial charge in [-0.05, 0) is 31.9 Å². The number of aromatic nitrogens is 2. The molecule has 1 aromatic heterocycles. The Balaban J connectivity index is 1.42. The van der Waals surface area contributed by atoms with Crippen LogP contribution < -0.4 is 15.5 Å². The molecule has 1 aliphatic heterocycles. The van der Waals surface area contributed by atoms with Crippen LogP contribution >= 0.6 is 0 Å². The molecule has 0 saturated carbocycles. The van der Waals surface area contributed by atoms with Gasteiger partial charge in [0.1, 0.15) is 0 Å². The molecule has 3 N–H and O–H groups in total. The number of urea groups is 1. The first-order chi connectivity index (χ1) is 11.2. The summed E-state index contributed by atoms with van der Waals surface area (Å²) in [5.74, 6) is 0. The second kappa shape index (κ2) is 7.17. The molecule has 122 valence electrons. The average molecular weight is 313 g/mol. The fraction of sp³-hybridized carbons (Fsp3) is 0.412. The highest BCUT2D eigenvalue weighted by Crippen LogP contribution is 2.19. The first-order valence-electron chi connectivity index (χ1n) is 8.05. The first-order valence-corrected chi connectivity index (χ1v) is 8.05. The van der Waals surface area contributed by atoms with Gasteiger partial charge in [0.05, 0.1) is 6.20 Å². The molecule has 6 nitrogen and oxygen atoms in total. The van der Waals surface area contributed by atoms with E-state index in [4.69, 9.17) is 0 Å². The quantitative estimate of drug-likeness (QED) is 0.810. The molecule has 2 aromatic rings. The number of nitrogens with one attached hydrogen (secondary N) is 3. The second-order valence-electron chi connectivity index (χ2n) is 5.94.